The Hall–Kier alpha value is -2.03. The first-order valence-electron chi connectivity index (χ1n) is 6.77. The highest BCUT2D eigenvalue weighted by atomic mass is 19.3. The van der Waals surface area contributed by atoms with E-state index in [0.29, 0.717) is 0 Å². The third kappa shape index (κ3) is 3.08. The quantitative estimate of drug-likeness (QED) is 0.824. The van der Waals surface area contributed by atoms with Crippen molar-refractivity contribution in [2.24, 2.45) is 5.92 Å². The maximum atomic E-state index is 13.3. The van der Waals surface area contributed by atoms with E-state index in [4.69, 9.17) is 9.47 Å². The summed E-state index contributed by atoms with van der Waals surface area (Å²) in [5.74, 6) is -2.10. The van der Waals surface area contributed by atoms with Gasteiger partial charge in [0.05, 0.1) is 12.0 Å². The van der Waals surface area contributed by atoms with Crippen LogP contribution in [0.15, 0.2) is 21.9 Å². The van der Waals surface area contributed by atoms with E-state index in [1.807, 2.05) is 4.98 Å². The molecule has 0 bridgehead atoms. The standard InChI is InChI=1S/C13H16F2N2O5/c1-3-7-9(11(14)15)10(21-6(2)18)12(22-7)17-5-4-8(19)16-13(17)20/h4-5,7,9-12H,3H2,1-2H3,(H,16,19,20)/t7-,9-,10-,12-/m1/s1. The fourth-order valence-corrected chi connectivity index (χ4v) is 2.60. The number of carbonyl (C=O) groups is 1. The molecule has 1 saturated heterocycles. The average Bonchev–Trinajstić information content (AvgIpc) is 2.76. The van der Waals surface area contributed by atoms with Crippen LogP contribution in [0.3, 0.4) is 0 Å². The lowest BCUT2D eigenvalue weighted by Gasteiger charge is -2.23. The van der Waals surface area contributed by atoms with E-state index in [1.54, 1.807) is 6.92 Å². The van der Waals surface area contributed by atoms with Crippen molar-refractivity contribution in [3.8, 4) is 0 Å². The van der Waals surface area contributed by atoms with Crippen LogP contribution in [0, 0.1) is 5.92 Å². The number of halogens is 2. The van der Waals surface area contributed by atoms with Crippen LogP contribution in [0.4, 0.5) is 8.78 Å². The summed E-state index contributed by atoms with van der Waals surface area (Å²) in [5, 5.41) is 0. The van der Waals surface area contributed by atoms with Crippen molar-refractivity contribution >= 4 is 5.97 Å². The SMILES string of the molecule is CC[C@H]1O[C@@H](n2ccc(=O)[nH]c2=O)[C@H](OC(C)=O)[C@@H]1C(F)F. The minimum Gasteiger partial charge on any atom is -0.457 e. The number of alkyl halides is 2. The van der Waals surface area contributed by atoms with E-state index in [2.05, 4.69) is 0 Å². The molecule has 2 rings (SSSR count). The molecule has 0 spiro atoms. The molecule has 1 aliphatic heterocycles. The fraction of sp³-hybridized carbons (Fsp3) is 0.615. The van der Waals surface area contributed by atoms with Crippen molar-refractivity contribution in [1.82, 2.24) is 9.55 Å². The molecule has 0 amide bonds. The number of aromatic amines is 1. The Balaban J connectivity index is 2.45. The summed E-state index contributed by atoms with van der Waals surface area (Å²) in [6.07, 6.45) is -4.78. The lowest BCUT2D eigenvalue weighted by molar-refractivity contribution is -0.156. The maximum absolute atomic E-state index is 13.3. The molecule has 0 aromatic carbocycles. The Kier molecular flexibility index (Phi) is 4.74. The predicted octanol–water partition coefficient (Wildman–Crippen LogP) is 0.657. The maximum Gasteiger partial charge on any atom is 0.330 e. The number of esters is 1. The molecule has 0 radical (unpaired) electrons. The Morgan fingerprint density at radius 1 is 1.50 bits per heavy atom. The zero-order valence-electron chi connectivity index (χ0n) is 12.0. The minimum atomic E-state index is -2.78. The molecular formula is C13H16F2N2O5. The van der Waals surface area contributed by atoms with Crippen molar-refractivity contribution in [1.29, 1.82) is 0 Å². The van der Waals surface area contributed by atoms with Gasteiger partial charge in [-0.2, -0.15) is 0 Å². The molecule has 2 heterocycles. The molecule has 1 aliphatic rings. The molecule has 0 aliphatic carbocycles. The lowest BCUT2D eigenvalue weighted by Crippen LogP contribution is -2.39. The van der Waals surface area contributed by atoms with Crippen LogP contribution >= 0.6 is 0 Å². The van der Waals surface area contributed by atoms with Crippen LogP contribution < -0.4 is 11.2 Å². The number of carbonyl (C=O) groups excluding carboxylic acids is 1. The first-order chi connectivity index (χ1) is 10.3. The third-order valence-corrected chi connectivity index (χ3v) is 3.52. The summed E-state index contributed by atoms with van der Waals surface area (Å²) in [5.41, 5.74) is -1.44. The van der Waals surface area contributed by atoms with Crippen LogP contribution in [0.2, 0.25) is 0 Å². The molecule has 22 heavy (non-hydrogen) atoms. The summed E-state index contributed by atoms with van der Waals surface area (Å²) >= 11 is 0. The predicted molar refractivity (Wildman–Crippen MR) is 70.6 cm³/mol. The Bertz CT molecular complexity index is 656. The number of nitrogens with one attached hydrogen (secondary N) is 1. The van der Waals surface area contributed by atoms with Gasteiger partial charge in [-0.05, 0) is 6.42 Å². The van der Waals surface area contributed by atoms with E-state index >= 15 is 0 Å². The van der Waals surface area contributed by atoms with Gasteiger partial charge < -0.3 is 9.47 Å². The smallest absolute Gasteiger partial charge is 0.330 e. The first kappa shape index (κ1) is 16.3. The normalized spacial score (nSPS) is 28.0. The topological polar surface area (TPSA) is 90.4 Å². The molecule has 9 heteroatoms. The number of nitrogens with zero attached hydrogens (tertiary/aromatic N) is 1. The van der Waals surface area contributed by atoms with Gasteiger partial charge in [-0.3, -0.25) is 19.1 Å². The highest BCUT2D eigenvalue weighted by Crippen LogP contribution is 2.40. The van der Waals surface area contributed by atoms with Crippen molar-refractivity contribution in [3.63, 3.8) is 0 Å². The van der Waals surface area contributed by atoms with Gasteiger partial charge in [-0.15, -0.1) is 0 Å². The van der Waals surface area contributed by atoms with Crippen molar-refractivity contribution in [2.45, 2.75) is 45.1 Å². The fourth-order valence-electron chi connectivity index (χ4n) is 2.60. The van der Waals surface area contributed by atoms with Crippen LogP contribution in [-0.4, -0.2) is 34.2 Å². The third-order valence-electron chi connectivity index (χ3n) is 3.52. The summed E-state index contributed by atoms with van der Waals surface area (Å²) in [6, 6.07) is 1.06. The van der Waals surface area contributed by atoms with E-state index in [-0.39, 0.29) is 6.42 Å². The number of hydrogen-bond acceptors (Lipinski definition) is 5. The molecule has 0 unspecified atom stereocenters. The van der Waals surface area contributed by atoms with Crippen LogP contribution in [-0.2, 0) is 14.3 Å². The molecule has 1 aromatic heterocycles. The van der Waals surface area contributed by atoms with Gasteiger partial charge in [0.25, 0.3) is 5.56 Å². The lowest BCUT2D eigenvalue weighted by atomic mass is 9.96. The Labute approximate surface area is 123 Å². The Morgan fingerprint density at radius 3 is 2.68 bits per heavy atom. The van der Waals surface area contributed by atoms with Crippen LogP contribution in [0.25, 0.3) is 0 Å². The number of ether oxygens (including phenoxy) is 2. The number of H-pyrrole nitrogens is 1. The zero-order chi connectivity index (χ0) is 16.4. The number of rotatable bonds is 4. The highest BCUT2D eigenvalue weighted by Gasteiger charge is 2.51. The summed E-state index contributed by atoms with van der Waals surface area (Å²) in [7, 11) is 0. The second-order valence-corrected chi connectivity index (χ2v) is 4.98. The zero-order valence-corrected chi connectivity index (χ0v) is 12.0. The summed E-state index contributed by atoms with van der Waals surface area (Å²) in [4.78, 5) is 36.1. The number of aromatic nitrogens is 2. The molecule has 1 N–H and O–H groups in total. The van der Waals surface area contributed by atoms with Crippen molar-refractivity contribution in [3.05, 3.63) is 33.1 Å². The van der Waals surface area contributed by atoms with Gasteiger partial charge in [0.1, 0.15) is 0 Å². The molecule has 122 valence electrons. The summed E-state index contributed by atoms with van der Waals surface area (Å²) in [6.45, 7) is 2.75. The highest BCUT2D eigenvalue weighted by molar-refractivity contribution is 5.66. The minimum absolute atomic E-state index is 0.265. The van der Waals surface area contributed by atoms with Crippen LogP contribution in [0.5, 0.6) is 0 Å². The van der Waals surface area contributed by atoms with Gasteiger partial charge in [-0.25, -0.2) is 13.6 Å². The second kappa shape index (κ2) is 6.39. The van der Waals surface area contributed by atoms with Gasteiger partial charge in [0, 0.05) is 19.2 Å². The molecule has 4 atom stereocenters. The second-order valence-electron chi connectivity index (χ2n) is 4.98. The molecule has 7 nitrogen and oxygen atoms in total. The van der Waals surface area contributed by atoms with Crippen molar-refractivity contribution < 1.29 is 23.0 Å². The first-order valence-corrected chi connectivity index (χ1v) is 6.77. The monoisotopic (exact) mass is 318 g/mol. The van der Waals surface area contributed by atoms with E-state index < -0.39 is 48.0 Å². The van der Waals surface area contributed by atoms with E-state index in [1.165, 1.54) is 0 Å². The number of hydrogen-bond donors (Lipinski definition) is 1. The van der Waals surface area contributed by atoms with Crippen molar-refractivity contribution in [2.75, 3.05) is 0 Å². The van der Waals surface area contributed by atoms with E-state index in [0.717, 1.165) is 23.8 Å². The van der Waals surface area contributed by atoms with Crippen LogP contribution in [0.1, 0.15) is 26.5 Å². The van der Waals surface area contributed by atoms with Gasteiger partial charge in [0.15, 0.2) is 12.3 Å². The molecule has 1 fully saturated rings. The van der Waals surface area contributed by atoms with E-state index in [9.17, 15) is 23.2 Å². The molecule has 1 aromatic rings. The molecule has 0 saturated carbocycles. The summed E-state index contributed by atoms with van der Waals surface area (Å²) < 4.78 is 38.0. The largest absolute Gasteiger partial charge is 0.457 e. The average molecular weight is 318 g/mol. The van der Waals surface area contributed by atoms with Gasteiger partial charge in [-0.1, -0.05) is 6.92 Å². The Morgan fingerprint density at radius 2 is 2.18 bits per heavy atom. The van der Waals surface area contributed by atoms with Gasteiger partial charge in [0.2, 0.25) is 6.43 Å². The molecular weight excluding hydrogens is 302 g/mol. The van der Waals surface area contributed by atoms with Gasteiger partial charge >= 0.3 is 11.7 Å².